The Bertz CT molecular complexity index is 429. The van der Waals surface area contributed by atoms with Crippen molar-refractivity contribution >= 4 is 31.2 Å². The van der Waals surface area contributed by atoms with E-state index in [9.17, 15) is 0 Å². The molecule has 17 heteroatoms. The SMILES string of the molecule is C[CH](C)[Zr+3].C[CH](C)[Zr+3].O=S(=O)([O-])[O-].O=S(=O)([O-])[O-].O=S(=O)([O-])[O-]. The van der Waals surface area contributed by atoms with Gasteiger partial charge in [-0.3, -0.25) is 25.3 Å². The fraction of sp³-hybridized carbons (Fsp3) is 1.00. The van der Waals surface area contributed by atoms with Crippen LogP contribution in [-0.4, -0.2) is 52.6 Å². The molecule has 0 saturated heterocycles. The molecule has 0 rings (SSSR count). The van der Waals surface area contributed by atoms with Crippen LogP contribution in [0, 0.1) is 0 Å². The van der Waals surface area contributed by atoms with Gasteiger partial charge < -0.3 is 27.3 Å². The Kier molecular flexibility index (Phi) is 28.0. The summed E-state index contributed by atoms with van der Waals surface area (Å²) in [6.07, 6.45) is 0. The average Bonchev–Trinajstić information content (AvgIpc) is 1.85. The Morgan fingerprint density at radius 3 is 0.522 bits per heavy atom. The van der Waals surface area contributed by atoms with E-state index >= 15 is 0 Å². The van der Waals surface area contributed by atoms with Crippen molar-refractivity contribution < 1.29 is 102 Å². The monoisotopic (exact) mass is 554 g/mol. The van der Waals surface area contributed by atoms with Crippen LogP contribution in [0.15, 0.2) is 0 Å². The molecule has 12 nitrogen and oxygen atoms in total. The van der Waals surface area contributed by atoms with Gasteiger partial charge in [-0.05, 0) is 0 Å². The van der Waals surface area contributed by atoms with Gasteiger partial charge in [0.2, 0.25) is 0 Å². The number of hydrogen-bond acceptors (Lipinski definition) is 12. The fourth-order valence-corrected chi connectivity index (χ4v) is 0. The zero-order valence-corrected chi connectivity index (χ0v) is 19.6. The first kappa shape index (κ1) is 35.5. The third kappa shape index (κ3) is 5640. The van der Waals surface area contributed by atoms with Gasteiger partial charge in [-0.1, -0.05) is 0 Å². The molecule has 0 N–H and O–H groups in total. The third-order valence-corrected chi connectivity index (χ3v) is 0. The Morgan fingerprint density at radius 2 is 0.522 bits per heavy atom. The van der Waals surface area contributed by atoms with E-state index in [1.54, 1.807) is 49.4 Å². The van der Waals surface area contributed by atoms with Crippen LogP contribution >= 0.6 is 0 Å². The topological polar surface area (TPSA) is 241 Å². The van der Waals surface area contributed by atoms with Crippen LogP contribution in [-0.2, 0) is 80.6 Å². The molecule has 0 heterocycles. The van der Waals surface area contributed by atoms with E-state index in [2.05, 4.69) is 27.7 Å². The maximum absolute atomic E-state index is 8.52. The van der Waals surface area contributed by atoms with Gasteiger partial charge in [0, 0.05) is 31.2 Å². The molecule has 0 aliphatic carbocycles. The minimum absolute atomic E-state index is 0.923. The summed E-state index contributed by atoms with van der Waals surface area (Å²) in [5.74, 6) is 0. The van der Waals surface area contributed by atoms with Gasteiger partial charge in [-0.2, -0.15) is 0 Å². The fourth-order valence-electron chi connectivity index (χ4n) is 0. The molecule has 0 aromatic heterocycles. The van der Waals surface area contributed by atoms with Crippen LogP contribution in [0.1, 0.15) is 27.7 Å². The van der Waals surface area contributed by atoms with Crippen LogP contribution in [0.25, 0.3) is 0 Å². The van der Waals surface area contributed by atoms with Gasteiger partial charge in [0.05, 0.1) is 0 Å². The molecule has 0 aliphatic rings. The molecular weight excluding hydrogens is 543 g/mol. The Morgan fingerprint density at radius 1 is 0.522 bits per heavy atom. The molecule has 0 aliphatic heterocycles. The predicted octanol–water partition coefficient (Wildman–Crippen LogP) is -1.29. The molecule has 0 radical (unpaired) electrons. The van der Waals surface area contributed by atoms with E-state index in [0.29, 0.717) is 0 Å². The number of rotatable bonds is 0. The predicted molar refractivity (Wildman–Crippen MR) is 61.6 cm³/mol. The molecular formula is C6H14O12S3Zr2. The summed E-state index contributed by atoms with van der Waals surface area (Å²) in [5.41, 5.74) is 0. The maximum atomic E-state index is 8.52. The quantitative estimate of drug-likeness (QED) is 0.250. The van der Waals surface area contributed by atoms with Crippen molar-refractivity contribution in [1.29, 1.82) is 0 Å². The first-order valence-corrected chi connectivity index (χ1v) is 11.7. The summed E-state index contributed by atoms with van der Waals surface area (Å²) in [4.78, 5) is 0. The normalized spacial score (nSPS) is 10.8. The standard InChI is InChI=1S/2C3H7.3H2O4S.2Zr/c2*1-3-2;3*1-5(2,3)4;;/h2*3H,1-2H3;3*(H2,1,2,3,4);;/q;;;;;2*+3/p-6. The van der Waals surface area contributed by atoms with E-state index in [4.69, 9.17) is 52.6 Å². The van der Waals surface area contributed by atoms with Crippen molar-refractivity contribution in [3.05, 3.63) is 0 Å². The van der Waals surface area contributed by atoms with Gasteiger partial charge in [0.1, 0.15) is 0 Å². The van der Waals surface area contributed by atoms with Crippen molar-refractivity contribution in [1.82, 2.24) is 0 Å². The van der Waals surface area contributed by atoms with Crippen LogP contribution in [0.4, 0.5) is 0 Å². The summed E-state index contributed by atoms with van der Waals surface area (Å²) >= 11 is 3.27. The minimum Gasteiger partial charge on any atom is -0.759 e. The van der Waals surface area contributed by atoms with E-state index in [1.165, 1.54) is 0 Å². The molecule has 0 unspecified atom stereocenters. The second-order valence-corrected chi connectivity index (χ2v) is 11.7. The summed E-state index contributed by atoms with van der Waals surface area (Å²) in [6, 6.07) is 0. The largest absolute Gasteiger partial charge is 0.759 e. The van der Waals surface area contributed by atoms with E-state index in [0.717, 1.165) is 7.25 Å². The summed E-state index contributed by atoms with van der Waals surface area (Å²) in [6.45, 7) is 8.83. The molecule has 0 aromatic carbocycles. The third-order valence-electron chi connectivity index (χ3n) is 0. The van der Waals surface area contributed by atoms with Crippen LogP contribution < -0.4 is 0 Å². The minimum atomic E-state index is -5.17. The zero-order valence-electron chi connectivity index (χ0n) is 12.3. The average molecular weight is 557 g/mol. The molecule has 0 aromatic rings. The zero-order chi connectivity index (χ0) is 20.7. The first-order chi connectivity index (χ1) is 9.46. The van der Waals surface area contributed by atoms with Crippen molar-refractivity contribution in [3.63, 3.8) is 0 Å². The van der Waals surface area contributed by atoms with Crippen molar-refractivity contribution in [2.45, 2.75) is 34.9 Å². The molecule has 0 amide bonds. The van der Waals surface area contributed by atoms with E-state index < -0.39 is 31.2 Å². The van der Waals surface area contributed by atoms with Crippen molar-refractivity contribution in [3.8, 4) is 0 Å². The molecule has 136 valence electrons. The summed E-state index contributed by atoms with van der Waals surface area (Å²) in [7, 11) is -15.5. The second-order valence-electron chi connectivity index (χ2n) is 3.53. The number of hydrogen-bond donors (Lipinski definition) is 0. The van der Waals surface area contributed by atoms with Crippen molar-refractivity contribution in [2.24, 2.45) is 0 Å². The first-order valence-electron chi connectivity index (χ1n) is 4.89. The van der Waals surface area contributed by atoms with Gasteiger partial charge in [-0.15, -0.1) is 0 Å². The molecule has 0 saturated carbocycles. The summed E-state index contributed by atoms with van der Waals surface area (Å²) < 4.78 is 104. The van der Waals surface area contributed by atoms with E-state index in [1.807, 2.05) is 0 Å². The van der Waals surface area contributed by atoms with Crippen LogP contribution in [0.5, 0.6) is 0 Å². The second kappa shape index (κ2) is 18.2. The molecule has 23 heavy (non-hydrogen) atoms. The molecule has 0 spiro atoms. The summed E-state index contributed by atoms with van der Waals surface area (Å²) in [5, 5.41) is 0. The van der Waals surface area contributed by atoms with Gasteiger partial charge >= 0.3 is 84.4 Å². The smallest absolute Gasteiger partial charge is 0.0311 e. The Hall–Kier alpha value is 1.38. The van der Waals surface area contributed by atoms with Crippen LogP contribution in [0.2, 0.25) is 7.25 Å². The van der Waals surface area contributed by atoms with Gasteiger partial charge in [-0.25, -0.2) is 0 Å². The van der Waals surface area contributed by atoms with Crippen LogP contribution in [0.3, 0.4) is 0 Å². The van der Waals surface area contributed by atoms with E-state index in [-0.39, 0.29) is 0 Å². The molecule has 0 fully saturated rings. The van der Waals surface area contributed by atoms with Crippen molar-refractivity contribution in [2.75, 3.05) is 0 Å². The van der Waals surface area contributed by atoms with Gasteiger partial charge in [0.25, 0.3) is 0 Å². The Labute approximate surface area is 166 Å². The molecule has 0 atom stereocenters. The maximum Gasteiger partial charge on any atom is 0.0311 e. The van der Waals surface area contributed by atoms with Gasteiger partial charge in [0.15, 0.2) is 0 Å². The molecule has 0 bridgehead atoms. The Balaban J connectivity index is -0.0000000589.